The zero-order valence-electron chi connectivity index (χ0n) is 28.1. The van der Waals surface area contributed by atoms with Gasteiger partial charge in [0.15, 0.2) is 5.82 Å². The van der Waals surface area contributed by atoms with E-state index in [4.69, 9.17) is 15.0 Å². The molecule has 5 nitrogen and oxygen atoms in total. The summed E-state index contributed by atoms with van der Waals surface area (Å²) in [7, 11) is 0. The van der Waals surface area contributed by atoms with Crippen molar-refractivity contribution in [3.63, 3.8) is 0 Å². The second-order valence-corrected chi connectivity index (χ2v) is 12.6. The Morgan fingerprint density at radius 2 is 0.941 bits per heavy atom. The first-order valence-corrected chi connectivity index (χ1v) is 17.1. The highest BCUT2D eigenvalue weighted by Crippen LogP contribution is 2.39. The molecule has 0 N–H and O–H groups in total. The van der Waals surface area contributed by atoms with Crippen molar-refractivity contribution < 1.29 is 0 Å². The number of nitrogens with zero attached hydrogens (tertiary/aromatic N) is 5. The number of pyridine rings is 1. The maximum Gasteiger partial charge on any atom is 0.156 e. The zero-order chi connectivity index (χ0) is 34.3. The van der Waals surface area contributed by atoms with Crippen LogP contribution in [0.2, 0.25) is 0 Å². The van der Waals surface area contributed by atoms with Crippen molar-refractivity contribution in [1.82, 2.24) is 24.1 Å². The average Bonchev–Trinajstić information content (AvgIpc) is 3.69. The summed E-state index contributed by atoms with van der Waals surface area (Å²) in [4.78, 5) is 14.7. The zero-order valence-corrected chi connectivity index (χ0v) is 28.1. The van der Waals surface area contributed by atoms with Crippen molar-refractivity contribution in [2.24, 2.45) is 0 Å². The third-order valence-corrected chi connectivity index (χ3v) is 9.44. The van der Waals surface area contributed by atoms with Crippen LogP contribution in [0, 0.1) is 0 Å². The van der Waals surface area contributed by atoms with Crippen LogP contribution in [-0.4, -0.2) is 24.1 Å². The third-order valence-electron chi connectivity index (χ3n) is 9.44. The lowest BCUT2D eigenvalue weighted by molar-refractivity contribution is 1.05. The van der Waals surface area contributed by atoms with Crippen molar-refractivity contribution >= 4 is 54.4 Å². The largest absolute Gasteiger partial charge is 0.294 e. The molecule has 0 spiro atoms. The molecule has 10 aromatic rings. The summed E-state index contributed by atoms with van der Waals surface area (Å²) in [5.74, 6) is 1.69. The first kappa shape index (κ1) is 30.2. The highest BCUT2D eigenvalue weighted by Gasteiger charge is 2.18. The molecule has 0 aliphatic heterocycles. The topological polar surface area (TPSA) is 48.5 Å². The van der Waals surface area contributed by atoms with Gasteiger partial charge in [0.2, 0.25) is 0 Å². The summed E-state index contributed by atoms with van der Waals surface area (Å²) in [5.41, 5.74) is 8.64. The number of aromatic nitrogens is 5. The van der Waals surface area contributed by atoms with Crippen molar-refractivity contribution in [1.29, 1.82) is 0 Å². The predicted octanol–water partition coefficient (Wildman–Crippen LogP) is 11.7. The molecule has 5 heteroatoms. The molecular weight excluding hydrogens is 623 g/mol. The van der Waals surface area contributed by atoms with Gasteiger partial charge in [-0.15, -0.1) is 6.58 Å². The highest BCUT2D eigenvalue weighted by molar-refractivity contribution is 6.18. The van der Waals surface area contributed by atoms with Gasteiger partial charge >= 0.3 is 0 Å². The molecule has 0 saturated carbocycles. The third kappa shape index (κ3) is 5.15. The number of hydrogen-bond donors (Lipinski definition) is 0. The number of fused-ring (bicyclic) bond motifs is 7. The molecule has 0 saturated heterocycles. The first-order valence-electron chi connectivity index (χ1n) is 17.1. The Hall–Kier alpha value is -6.85. The second-order valence-electron chi connectivity index (χ2n) is 12.6. The van der Waals surface area contributed by atoms with Crippen LogP contribution < -0.4 is 0 Å². The van der Waals surface area contributed by atoms with E-state index >= 15 is 0 Å². The summed E-state index contributed by atoms with van der Waals surface area (Å²) >= 11 is 0. The maximum atomic E-state index is 4.98. The van der Waals surface area contributed by atoms with E-state index in [2.05, 4.69) is 137 Å². The summed E-state index contributed by atoms with van der Waals surface area (Å²) in [6, 6.07) is 51.3. The van der Waals surface area contributed by atoms with Gasteiger partial charge in [-0.1, -0.05) is 103 Å². The average molecular weight is 656 g/mol. The minimum atomic E-state index is 0.794. The van der Waals surface area contributed by atoms with Gasteiger partial charge in [-0.25, -0.2) is 9.97 Å². The van der Waals surface area contributed by atoms with E-state index in [0.29, 0.717) is 0 Å². The lowest BCUT2D eigenvalue weighted by atomic mass is 10.0. The van der Waals surface area contributed by atoms with Crippen molar-refractivity contribution in [3.8, 4) is 34.0 Å². The van der Waals surface area contributed by atoms with Crippen LogP contribution in [0.5, 0.6) is 0 Å². The van der Waals surface area contributed by atoms with Gasteiger partial charge in [-0.2, -0.15) is 0 Å². The Morgan fingerprint density at radius 1 is 0.431 bits per heavy atom. The molecule has 0 unspecified atom stereocenters. The molecule has 6 aromatic carbocycles. The molecular formula is C46H33N5. The SMILES string of the molecule is C=CC.c1ccc(-c2ccc(-n3c4ccccc4c4cc5cc6c(cc5cc43)c3ccccc3n6-c3cnc(-c4ccccc4)cn3)nc2)cc1. The molecule has 242 valence electrons. The van der Waals surface area contributed by atoms with E-state index in [0.717, 1.165) is 56.1 Å². The minimum absolute atomic E-state index is 0.794. The smallest absolute Gasteiger partial charge is 0.156 e. The van der Waals surface area contributed by atoms with Crippen LogP contribution in [-0.2, 0) is 0 Å². The summed E-state index contributed by atoms with van der Waals surface area (Å²) in [5, 5.41) is 7.10. The maximum absolute atomic E-state index is 4.98. The van der Waals surface area contributed by atoms with Gasteiger partial charge in [0.05, 0.1) is 40.2 Å². The minimum Gasteiger partial charge on any atom is -0.294 e. The van der Waals surface area contributed by atoms with E-state index in [1.807, 2.05) is 49.8 Å². The van der Waals surface area contributed by atoms with Crippen LogP contribution in [0.3, 0.4) is 0 Å². The van der Waals surface area contributed by atoms with Gasteiger partial charge < -0.3 is 0 Å². The molecule has 0 fully saturated rings. The van der Waals surface area contributed by atoms with Crippen LogP contribution in [0.4, 0.5) is 0 Å². The standard InChI is InChI=1S/C43H27N5.C3H6/c1-3-11-28(12-4-1)30-19-20-42(45-25-30)47-38-17-9-7-15-33(38)35-21-32-24-41-36(22-31(32)23-40(35)47)34-16-8-10-18-39(34)48(41)43-27-44-37(26-46-43)29-13-5-2-6-14-29;1-3-2/h1-27H;3H,1H2,2H3. The second kappa shape index (κ2) is 12.6. The molecule has 51 heavy (non-hydrogen) atoms. The number of benzene rings is 6. The van der Waals surface area contributed by atoms with E-state index in [-0.39, 0.29) is 0 Å². The quantitative estimate of drug-likeness (QED) is 0.177. The first-order chi connectivity index (χ1) is 25.2. The van der Waals surface area contributed by atoms with Gasteiger partial charge in [0, 0.05) is 38.9 Å². The monoisotopic (exact) mass is 655 g/mol. The number of rotatable bonds is 4. The van der Waals surface area contributed by atoms with E-state index in [9.17, 15) is 0 Å². The number of para-hydroxylation sites is 2. The van der Waals surface area contributed by atoms with Crippen LogP contribution in [0.15, 0.2) is 177 Å². The Bertz CT molecular complexity index is 2650. The molecule has 0 bridgehead atoms. The van der Waals surface area contributed by atoms with Gasteiger partial charge in [-0.05, 0) is 71.8 Å². The van der Waals surface area contributed by atoms with E-state index < -0.39 is 0 Å². The van der Waals surface area contributed by atoms with Gasteiger partial charge in [-0.3, -0.25) is 14.1 Å². The molecule has 4 aromatic heterocycles. The molecule has 0 aliphatic carbocycles. The Labute approximate surface area is 295 Å². The Balaban J connectivity index is 0.00000112. The molecule has 0 amide bonds. The molecule has 0 radical (unpaired) electrons. The lowest BCUT2D eigenvalue weighted by Gasteiger charge is -2.10. The fraction of sp³-hybridized carbons (Fsp3) is 0.0217. The normalized spacial score (nSPS) is 11.3. The van der Waals surface area contributed by atoms with E-state index in [1.165, 1.54) is 32.3 Å². The molecule has 4 heterocycles. The predicted molar refractivity (Wildman–Crippen MR) is 213 cm³/mol. The molecule has 0 aliphatic rings. The van der Waals surface area contributed by atoms with Crippen LogP contribution in [0.25, 0.3) is 88.4 Å². The lowest BCUT2D eigenvalue weighted by Crippen LogP contribution is -1.99. The van der Waals surface area contributed by atoms with Crippen molar-refractivity contribution in [2.75, 3.05) is 0 Å². The van der Waals surface area contributed by atoms with Crippen molar-refractivity contribution in [3.05, 3.63) is 177 Å². The highest BCUT2D eigenvalue weighted by atomic mass is 15.1. The Kier molecular flexibility index (Phi) is 7.44. The van der Waals surface area contributed by atoms with Crippen LogP contribution in [0.1, 0.15) is 6.92 Å². The number of allylic oxidation sites excluding steroid dienone is 1. The molecule has 10 rings (SSSR count). The summed E-state index contributed by atoms with van der Waals surface area (Å²) in [6.07, 6.45) is 7.47. The van der Waals surface area contributed by atoms with Crippen LogP contribution >= 0.6 is 0 Å². The molecule has 0 atom stereocenters. The summed E-state index contributed by atoms with van der Waals surface area (Å²) < 4.78 is 4.52. The summed E-state index contributed by atoms with van der Waals surface area (Å²) in [6.45, 7) is 5.25. The van der Waals surface area contributed by atoms with E-state index in [1.54, 1.807) is 6.08 Å². The fourth-order valence-corrected chi connectivity index (χ4v) is 7.19. The van der Waals surface area contributed by atoms with Gasteiger partial charge in [0.1, 0.15) is 5.82 Å². The Morgan fingerprint density at radius 3 is 1.47 bits per heavy atom. The van der Waals surface area contributed by atoms with Crippen molar-refractivity contribution in [2.45, 2.75) is 6.92 Å². The number of hydrogen-bond acceptors (Lipinski definition) is 3. The van der Waals surface area contributed by atoms with Gasteiger partial charge in [0.25, 0.3) is 0 Å². The fourth-order valence-electron chi connectivity index (χ4n) is 7.19.